The van der Waals surface area contributed by atoms with E-state index >= 15 is 0 Å². The van der Waals surface area contributed by atoms with Crippen LogP contribution in [0, 0.1) is 0 Å². The number of halogens is 4. The second-order valence-electron chi connectivity index (χ2n) is 5.81. The predicted molar refractivity (Wildman–Crippen MR) is 99.3 cm³/mol. The molecule has 0 aliphatic rings. The lowest BCUT2D eigenvalue weighted by atomic mass is 9.84. The van der Waals surface area contributed by atoms with Crippen LogP contribution in [0.1, 0.15) is 38.8 Å². The fraction of sp³-hybridized carbons (Fsp3) is 0.562. The van der Waals surface area contributed by atoms with Crippen LogP contribution < -0.4 is 5.73 Å². The average Bonchev–Trinajstić information content (AvgIpc) is 2.46. The van der Waals surface area contributed by atoms with E-state index in [1.807, 2.05) is 32.6 Å². The monoisotopic (exact) mass is 443 g/mol. The van der Waals surface area contributed by atoms with Gasteiger partial charge in [0.2, 0.25) is 0 Å². The molecule has 0 fully saturated rings. The van der Waals surface area contributed by atoms with Crippen molar-refractivity contribution in [3.05, 3.63) is 35.4 Å². The van der Waals surface area contributed by atoms with Gasteiger partial charge in [-0.05, 0) is 25.5 Å². The number of hydrogen-bond acceptors (Lipinski definition) is 1. The second-order valence-corrected chi connectivity index (χ2v) is 5.81. The number of benzene rings is 1. The zero-order valence-electron chi connectivity index (χ0n) is 13.9. The normalized spacial score (nSPS) is 12.7. The van der Waals surface area contributed by atoms with E-state index in [0.29, 0.717) is 18.1 Å². The van der Waals surface area contributed by atoms with Gasteiger partial charge in [0.15, 0.2) is 5.96 Å². The molecule has 0 saturated carbocycles. The fourth-order valence-corrected chi connectivity index (χ4v) is 2.13. The van der Waals surface area contributed by atoms with Crippen LogP contribution in [0.3, 0.4) is 0 Å². The maximum absolute atomic E-state index is 12.8. The van der Waals surface area contributed by atoms with Crippen LogP contribution in [0.25, 0.3) is 0 Å². The molecule has 0 aliphatic carbocycles. The average molecular weight is 443 g/mol. The topological polar surface area (TPSA) is 41.6 Å². The standard InChI is InChI=1S/C16H24F3N3.HI/c1-5-22(6-2)14(20)21-11-15(3,4)12-8-7-9-13(10-12)16(17,18)19;/h7-10H,5-6,11H2,1-4H3,(H2,20,21);1H. The molecule has 1 rings (SSSR count). The van der Waals surface area contributed by atoms with Gasteiger partial charge in [-0.25, -0.2) is 0 Å². The van der Waals surface area contributed by atoms with Crippen LogP contribution in [0.4, 0.5) is 13.2 Å². The summed E-state index contributed by atoms with van der Waals surface area (Å²) in [5.74, 6) is 0.421. The SMILES string of the molecule is CCN(CC)C(N)=NCC(C)(C)c1cccc(C(F)(F)F)c1.I. The highest BCUT2D eigenvalue weighted by atomic mass is 127. The minimum Gasteiger partial charge on any atom is -0.370 e. The summed E-state index contributed by atoms with van der Waals surface area (Å²) in [4.78, 5) is 6.25. The minimum absolute atomic E-state index is 0. The van der Waals surface area contributed by atoms with Crippen LogP contribution in [-0.2, 0) is 11.6 Å². The summed E-state index contributed by atoms with van der Waals surface area (Å²) in [5.41, 5.74) is 5.35. The van der Waals surface area contributed by atoms with E-state index in [0.717, 1.165) is 19.2 Å². The number of guanidine groups is 1. The lowest BCUT2D eigenvalue weighted by Crippen LogP contribution is -2.38. The highest BCUT2D eigenvalue weighted by molar-refractivity contribution is 14.0. The molecular formula is C16H25F3IN3. The van der Waals surface area contributed by atoms with Crippen LogP contribution >= 0.6 is 24.0 Å². The highest BCUT2D eigenvalue weighted by Crippen LogP contribution is 2.32. The molecule has 0 spiro atoms. The lowest BCUT2D eigenvalue weighted by Gasteiger charge is -2.26. The van der Waals surface area contributed by atoms with Crippen LogP contribution in [0.5, 0.6) is 0 Å². The van der Waals surface area contributed by atoms with E-state index in [2.05, 4.69) is 4.99 Å². The summed E-state index contributed by atoms with van der Waals surface area (Å²) in [6.45, 7) is 9.50. The van der Waals surface area contributed by atoms with Crippen molar-refractivity contribution in [2.45, 2.75) is 39.3 Å². The summed E-state index contributed by atoms with van der Waals surface area (Å²) >= 11 is 0. The van der Waals surface area contributed by atoms with E-state index in [1.54, 1.807) is 6.07 Å². The highest BCUT2D eigenvalue weighted by Gasteiger charge is 2.32. The van der Waals surface area contributed by atoms with Crippen LogP contribution in [0.15, 0.2) is 29.3 Å². The number of aliphatic imine (C=N–C) groups is 1. The molecule has 2 N–H and O–H groups in total. The molecule has 0 heterocycles. The van der Waals surface area contributed by atoms with Gasteiger partial charge in [0.1, 0.15) is 0 Å². The van der Waals surface area contributed by atoms with E-state index < -0.39 is 17.2 Å². The third-order valence-electron chi connectivity index (χ3n) is 3.70. The van der Waals surface area contributed by atoms with Gasteiger partial charge < -0.3 is 10.6 Å². The van der Waals surface area contributed by atoms with E-state index in [1.165, 1.54) is 12.1 Å². The molecule has 0 amide bonds. The van der Waals surface area contributed by atoms with Crippen molar-refractivity contribution in [3.8, 4) is 0 Å². The van der Waals surface area contributed by atoms with Crippen molar-refractivity contribution in [2.24, 2.45) is 10.7 Å². The summed E-state index contributed by atoms with van der Waals surface area (Å²) in [6.07, 6.45) is -4.34. The molecule has 3 nitrogen and oxygen atoms in total. The molecule has 1 aromatic carbocycles. The molecule has 0 aromatic heterocycles. The quantitative estimate of drug-likeness (QED) is 0.420. The van der Waals surface area contributed by atoms with Gasteiger partial charge in [0.25, 0.3) is 0 Å². The van der Waals surface area contributed by atoms with Crippen molar-refractivity contribution < 1.29 is 13.2 Å². The van der Waals surface area contributed by atoms with Gasteiger partial charge in [-0.15, -0.1) is 24.0 Å². The molecule has 23 heavy (non-hydrogen) atoms. The molecule has 0 unspecified atom stereocenters. The number of rotatable bonds is 5. The first-order valence-electron chi connectivity index (χ1n) is 7.34. The Morgan fingerprint density at radius 3 is 2.13 bits per heavy atom. The van der Waals surface area contributed by atoms with Crippen LogP contribution in [-0.4, -0.2) is 30.5 Å². The number of nitrogens with two attached hydrogens (primary N) is 1. The second kappa shape index (κ2) is 8.75. The first-order valence-corrected chi connectivity index (χ1v) is 7.34. The maximum atomic E-state index is 12.8. The fourth-order valence-electron chi connectivity index (χ4n) is 2.13. The van der Waals surface area contributed by atoms with Gasteiger partial charge in [0.05, 0.1) is 12.1 Å². The maximum Gasteiger partial charge on any atom is 0.416 e. The Morgan fingerprint density at radius 1 is 1.13 bits per heavy atom. The Morgan fingerprint density at radius 2 is 1.65 bits per heavy atom. The third kappa shape index (κ3) is 6.19. The zero-order valence-corrected chi connectivity index (χ0v) is 16.3. The summed E-state index contributed by atoms with van der Waals surface area (Å²) in [7, 11) is 0. The van der Waals surface area contributed by atoms with Crippen molar-refractivity contribution >= 4 is 29.9 Å². The smallest absolute Gasteiger partial charge is 0.370 e. The number of alkyl halides is 3. The Balaban J connectivity index is 0.00000484. The van der Waals surface area contributed by atoms with Gasteiger partial charge in [-0.2, -0.15) is 13.2 Å². The van der Waals surface area contributed by atoms with Crippen molar-refractivity contribution in [3.63, 3.8) is 0 Å². The Kier molecular flexibility index (Phi) is 8.37. The summed E-state index contributed by atoms with van der Waals surface area (Å²) in [5, 5.41) is 0. The molecular weight excluding hydrogens is 418 g/mol. The van der Waals surface area contributed by atoms with E-state index in [9.17, 15) is 13.2 Å². The van der Waals surface area contributed by atoms with Crippen molar-refractivity contribution in [1.29, 1.82) is 0 Å². The largest absolute Gasteiger partial charge is 0.416 e. The lowest BCUT2D eigenvalue weighted by molar-refractivity contribution is -0.137. The van der Waals surface area contributed by atoms with Gasteiger partial charge in [0, 0.05) is 18.5 Å². The molecule has 7 heteroatoms. The first-order chi connectivity index (χ1) is 10.1. The minimum atomic E-state index is -4.34. The predicted octanol–water partition coefficient (Wildman–Crippen LogP) is 4.26. The molecule has 1 aromatic rings. The van der Waals surface area contributed by atoms with Crippen LogP contribution in [0.2, 0.25) is 0 Å². The molecule has 0 aliphatic heterocycles. The molecule has 0 radical (unpaired) electrons. The van der Waals surface area contributed by atoms with E-state index in [-0.39, 0.29) is 24.0 Å². The first kappa shape index (κ1) is 22.0. The summed E-state index contributed by atoms with van der Waals surface area (Å²) in [6, 6.07) is 5.38. The molecule has 0 bridgehead atoms. The van der Waals surface area contributed by atoms with Crippen molar-refractivity contribution in [1.82, 2.24) is 4.90 Å². The third-order valence-corrected chi connectivity index (χ3v) is 3.70. The Hall–Kier alpha value is -0.990. The van der Waals surface area contributed by atoms with E-state index in [4.69, 9.17) is 5.73 Å². The Bertz CT molecular complexity index is 524. The molecule has 0 atom stereocenters. The van der Waals surface area contributed by atoms with Gasteiger partial charge in [-0.3, -0.25) is 4.99 Å². The van der Waals surface area contributed by atoms with Gasteiger partial charge in [-0.1, -0.05) is 32.0 Å². The number of hydrogen-bond donors (Lipinski definition) is 1. The number of nitrogens with zero attached hydrogens (tertiary/aromatic N) is 2. The zero-order chi connectivity index (χ0) is 17.0. The van der Waals surface area contributed by atoms with Crippen molar-refractivity contribution in [2.75, 3.05) is 19.6 Å². The van der Waals surface area contributed by atoms with Gasteiger partial charge >= 0.3 is 6.18 Å². The molecule has 0 saturated heterocycles. The molecule has 132 valence electrons. The Labute approximate surface area is 153 Å². The summed E-state index contributed by atoms with van der Waals surface area (Å²) < 4.78 is 38.4.